The van der Waals surface area contributed by atoms with Crippen molar-refractivity contribution in [1.82, 2.24) is 4.90 Å². The Labute approximate surface area is 200 Å². The third kappa shape index (κ3) is 4.65. The standard InChI is InChI=1S/C27H30ClNO4/c1-16(2)33-22-14-11-19(15-17(22)3)25(30)23-24(18-9-12-20(28)13-10-18)29(27(32)26(23)31)21-7-5-4-6-8-21/h9-16,21,24,30H,4-8H2,1-3H3/b25-23-. The SMILES string of the molecule is Cc1cc(/C(O)=C2/C(=O)C(=O)N(C3CCCCC3)C2c2ccc(Cl)cc2)ccc1OC(C)C. The quantitative estimate of drug-likeness (QED) is 0.323. The molecule has 0 aromatic heterocycles. The first-order chi connectivity index (χ1) is 15.8. The number of aliphatic hydroxyl groups is 1. The number of hydrogen-bond donors (Lipinski definition) is 1. The minimum atomic E-state index is -0.641. The van der Waals surface area contributed by atoms with Crippen LogP contribution in [0.25, 0.3) is 5.76 Å². The summed E-state index contributed by atoms with van der Waals surface area (Å²) in [6.45, 7) is 5.80. The lowest BCUT2D eigenvalue weighted by atomic mass is 9.91. The van der Waals surface area contributed by atoms with Gasteiger partial charge in [0.2, 0.25) is 0 Å². The van der Waals surface area contributed by atoms with E-state index in [0.717, 1.165) is 49.0 Å². The van der Waals surface area contributed by atoms with Crippen LogP contribution in [0.4, 0.5) is 0 Å². The number of aliphatic hydroxyl groups excluding tert-OH is 1. The smallest absolute Gasteiger partial charge is 0.295 e. The maximum Gasteiger partial charge on any atom is 0.295 e. The van der Waals surface area contributed by atoms with Gasteiger partial charge in [0.15, 0.2) is 0 Å². The lowest BCUT2D eigenvalue weighted by Crippen LogP contribution is -2.40. The molecule has 6 heteroatoms. The van der Waals surface area contributed by atoms with Crippen LogP contribution >= 0.6 is 11.6 Å². The second kappa shape index (κ2) is 9.60. The fourth-order valence-electron chi connectivity index (χ4n) is 4.90. The largest absolute Gasteiger partial charge is 0.507 e. The molecule has 1 heterocycles. The van der Waals surface area contributed by atoms with Gasteiger partial charge in [-0.2, -0.15) is 0 Å². The minimum Gasteiger partial charge on any atom is -0.507 e. The molecule has 1 saturated heterocycles. The number of halogens is 1. The van der Waals surface area contributed by atoms with Gasteiger partial charge in [0, 0.05) is 16.6 Å². The van der Waals surface area contributed by atoms with Crippen LogP contribution in [0.15, 0.2) is 48.0 Å². The summed E-state index contributed by atoms with van der Waals surface area (Å²) in [5.41, 5.74) is 2.23. The number of amides is 1. The van der Waals surface area contributed by atoms with Gasteiger partial charge in [-0.3, -0.25) is 9.59 Å². The lowest BCUT2D eigenvalue weighted by Gasteiger charge is -2.35. The molecule has 0 bridgehead atoms. The second-order valence-electron chi connectivity index (χ2n) is 9.20. The zero-order chi connectivity index (χ0) is 23.7. The number of hydrogen-bond acceptors (Lipinski definition) is 4. The lowest BCUT2D eigenvalue weighted by molar-refractivity contribution is -0.141. The van der Waals surface area contributed by atoms with Gasteiger partial charge in [0.25, 0.3) is 11.7 Å². The normalized spacial score (nSPS) is 21.1. The van der Waals surface area contributed by atoms with Crippen molar-refractivity contribution >= 4 is 29.1 Å². The van der Waals surface area contributed by atoms with Gasteiger partial charge in [0.1, 0.15) is 11.5 Å². The molecule has 174 valence electrons. The summed E-state index contributed by atoms with van der Waals surface area (Å²) in [5.74, 6) is -0.623. The van der Waals surface area contributed by atoms with Crippen molar-refractivity contribution < 1.29 is 19.4 Å². The Morgan fingerprint density at radius 3 is 2.33 bits per heavy atom. The van der Waals surface area contributed by atoms with E-state index in [1.807, 2.05) is 32.9 Å². The first kappa shape index (κ1) is 23.4. The summed E-state index contributed by atoms with van der Waals surface area (Å²) in [6.07, 6.45) is 4.93. The molecule has 0 radical (unpaired) electrons. The fraction of sp³-hybridized carbons (Fsp3) is 0.407. The van der Waals surface area contributed by atoms with Gasteiger partial charge < -0.3 is 14.7 Å². The van der Waals surface area contributed by atoms with Crippen molar-refractivity contribution in [3.8, 4) is 5.75 Å². The van der Waals surface area contributed by atoms with Gasteiger partial charge in [-0.05, 0) is 75.1 Å². The minimum absolute atomic E-state index is 0.0221. The molecule has 1 atom stereocenters. The molecule has 1 aliphatic heterocycles. The van der Waals surface area contributed by atoms with E-state index in [0.29, 0.717) is 10.6 Å². The van der Waals surface area contributed by atoms with Gasteiger partial charge in [-0.15, -0.1) is 0 Å². The number of ketones is 1. The van der Waals surface area contributed by atoms with E-state index in [-0.39, 0.29) is 23.5 Å². The number of Topliss-reactive ketones (excluding diaryl/α,β-unsaturated/α-hetero) is 1. The van der Waals surface area contributed by atoms with E-state index in [1.54, 1.807) is 35.2 Å². The Morgan fingerprint density at radius 2 is 1.73 bits per heavy atom. The molecular weight excluding hydrogens is 438 g/mol. The number of benzene rings is 2. The van der Waals surface area contributed by atoms with Crippen LogP contribution in [-0.2, 0) is 9.59 Å². The maximum atomic E-state index is 13.3. The number of aryl methyl sites for hydroxylation is 1. The van der Waals surface area contributed by atoms with Crippen LogP contribution in [0.5, 0.6) is 5.75 Å². The summed E-state index contributed by atoms with van der Waals surface area (Å²) in [7, 11) is 0. The Bertz CT molecular complexity index is 1080. The van der Waals surface area contributed by atoms with Crippen molar-refractivity contribution in [2.75, 3.05) is 0 Å². The molecule has 5 nitrogen and oxygen atoms in total. The highest BCUT2D eigenvalue weighted by atomic mass is 35.5. The number of carbonyl (C=O) groups is 2. The molecule has 2 aromatic rings. The van der Waals surface area contributed by atoms with Gasteiger partial charge in [-0.25, -0.2) is 0 Å². The average molecular weight is 468 g/mol. The highest BCUT2D eigenvalue weighted by Crippen LogP contribution is 2.43. The number of likely N-dealkylation sites (tertiary alicyclic amines) is 1. The highest BCUT2D eigenvalue weighted by molar-refractivity contribution is 6.46. The predicted octanol–water partition coefficient (Wildman–Crippen LogP) is 6.19. The van der Waals surface area contributed by atoms with E-state index in [9.17, 15) is 14.7 Å². The van der Waals surface area contributed by atoms with E-state index < -0.39 is 17.7 Å². The van der Waals surface area contributed by atoms with Gasteiger partial charge in [-0.1, -0.05) is 43.0 Å². The van der Waals surface area contributed by atoms with Crippen LogP contribution in [0.2, 0.25) is 5.02 Å². The number of rotatable bonds is 5. The molecule has 33 heavy (non-hydrogen) atoms. The van der Waals surface area contributed by atoms with Crippen molar-refractivity contribution in [3.63, 3.8) is 0 Å². The van der Waals surface area contributed by atoms with Crippen molar-refractivity contribution in [2.24, 2.45) is 0 Å². The fourth-order valence-corrected chi connectivity index (χ4v) is 5.02. The van der Waals surface area contributed by atoms with Gasteiger partial charge >= 0.3 is 0 Å². The molecule has 1 N–H and O–H groups in total. The van der Waals surface area contributed by atoms with Gasteiger partial charge in [0.05, 0.1) is 17.7 Å². The Morgan fingerprint density at radius 1 is 1.06 bits per heavy atom. The van der Waals surface area contributed by atoms with Crippen molar-refractivity contribution in [3.05, 3.63) is 69.8 Å². The molecule has 1 aliphatic carbocycles. The number of nitrogens with zero attached hydrogens (tertiary/aromatic N) is 1. The average Bonchev–Trinajstić information content (AvgIpc) is 3.06. The Kier molecular flexibility index (Phi) is 6.80. The van der Waals surface area contributed by atoms with E-state index in [1.165, 1.54) is 0 Å². The molecular formula is C27H30ClNO4. The summed E-state index contributed by atoms with van der Waals surface area (Å²) >= 11 is 6.10. The Balaban J connectivity index is 1.82. The van der Waals surface area contributed by atoms with Crippen LogP contribution in [-0.4, -0.2) is 33.8 Å². The van der Waals surface area contributed by atoms with E-state index in [4.69, 9.17) is 16.3 Å². The number of carbonyl (C=O) groups excluding carboxylic acids is 2. The summed E-state index contributed by atoms with van der Waals surface area (Å²) in [5, 5.41) is 11.9. The molecule has 4 rings (SSSR count). The van der Waals surface area contributed by atoms with Crippen LogP contribution in [0.1, 0.15) is 68.7 Å². The molecule has 0 spiro atoms. The predicted molar refractivity (Wildman–Crippen MR) is 129 cm³/mol. The highest BCUT2D eigenvalue weighted by Gasteiger charge is 2.48. The summed E-state index contributed by atoms with van der Waals surface area (Å²) in [6, 6.07) is 11.8. The van der Waals surface area contributed by atoms with Crippen LogP contribution in [0, 0.1) is 6.92 Å². The molecule has 1 saturated carbocycles. The second-order valence-corrected chi connectivity index (χ2v) is 9.63. The zero-order valence-electron chi connectivity index (χ0n) is 19.3. The Hall–Kier alpha value is -2.79. The van der Waals surface area contributed by atoms with Crippen LogP contribution in [0.3, 0.4) is 0 Å². The first-order valence-electron chi connectivity index (χ1n) is 11.6. The molecule has 1 unspecified atom stereocenters. The molecule has 2 fully saturated rings. The van der Waals surface area contributed by atoms with Crippen molar-refractivity contribution in [1.29, 1.82) is 0 Å². The summed E-state index contributed by atoms with van der Waals surface area (Å²) in [4.78, 5) is 28.2. The topological polar surface area (TPSA) is 66.8 Å². The van der Waals surface area contributed by atoms with E-state index >= 15 is 0 Å². The molecule has 2 aromatic carbocycles. The van der Waals surface area contributed by atoms with Crippen molar-refractivity contribution in [2.45, 2.75) is 71.1 Å². The first-order valence-corrected chi connectivity index (χ1v) is 12.0. The molecule has 1 amide bonds. The third-order valence-electron chi connectivity index (χ3n) is 6.44. The molecule has 2 aliphatic rings. The maximum absolute atomic E-state index is 13.3. The van der Waals surface area contributed by atoms with E-state index in [2.05, 4.69) is 0 Å². The monoisotopic (exact) mass is 467 g/mol. The van der Waals surface area contributed by atoms with Crippen LogP contribution < -0.4 is 4.74 Å². The number of ether oxygens (including phenoxy) is 1. The third-order valence-corrected chi connectivity index (χ3v) is 6.70. The zero-order valence-corrected chi connectivity index (χ0v) is 20.1. The summed E-state index contributed by atoms with van der Waals surface area (Å²) < 4.78 is 5.80.